The highest BCUT2D eigenvalue weighted by atomic mass is 16.6. The second-order valence-corrected chi connectivity index (χ2v) is 9.38. The topological polar surface area (TPSA) is 78.5 Å². The van der Waals surface area contributed by atoms with Crippen molar-refractivity contribution >= 4 is 6.09 Å². The van der Waals surface area contributed by atoms with Crippen LogP contribution in [0.5, 0.6) is 0 Å². The van der Waals surface area contributed by atoms with Crippen molar-refractivity contribution in [3.8, 4) is 11.1 Å². The van der Waals surface area contributed by atoms with E-state index in [1.165, 1.54) is 22.3 Å². The van der Waals surface area contributed by atoms with Gasteiger partial charge in [-0.25, -0.2) is 4.79 Å². The maximum Gasteiger partial charge on any atom is 0.409 e. The molecule has 1 aliphatic carbocycles. The summed E-state index contributed by atoms with van der Waals surface area (Å²) >= 11 is 0. The number of amides is 1. The number of ether oxygens (including phenoxy) is 5. The third kappa shape index (κ3) is 8.25. The largest absolute Gasteiger partial charge is 0.448 e. The highest BCUT2D eigenvalue weighted by molar-refractivity contribution is 5.79. The molecule has 0 unspecified atom stereocenters. The van der Waals surface area contributed by atoms with Crippen molar-refractivity contribution in [2.24, 2.45) is 0 Å². The van der Waals surface area contributed by atoms with Crippen LogP contribution in [0.15, 0.2) is 48.5 Å². The normalized spacial score (nSPS) is 15.4. The Bertz CT molecular complexity index is 919. The molecule has 37 heavy (non-hydrogen) atoms. The van der Waals surface area contributed by atoms with Gasteiger partial charge in [-0.2, -0.15) is 0 Å². The van der Waals surface area contributed by atoms with E-state index < -0.39 is 0 Å². The second kappa shape index (κ2) is 15.1. The molecule has 202 valence electrons. The molecule has 2 aromatic rings. The molecule has 1 saturated heterocycles. The monoisotopic (exact) mass is 512 g/mol. The van der Waals surface area contributed by atoms with Crippen LogP contribution in [0.2, 0.25) is 0 Å². The average molecular weight is 513 g/mol. The number of hydrogen-bond donors (Lipinski definition) is 1. The first-order chi connectivity index (χ1) is 18.2. The number of nitrogens with one attached hydrogen (secondary N) is 1. The number of piperidine rings is 1. The van der Waals surface area contributed by atoms with E-state index in [9.17, 15) is 4.79 Å². The summed E-state index contributed by atoms with van der Waals surface area (Å²) in [4.78, 5) is 14.1. The summed E-state index contributed by atoms with van der Waals surface area (Å²) in [5.41, 5.74) is 4.85. The smallest absolute Gasteiger partial charge is 0.409 e. The van der Waals surface area contributed by atoms with Gasteiger partial charge in [0.1, 0.15) is 6.61 Å². The predicted molar refractivity (Wildman–Crippen MR) is 142 cm³/mol. The number of fused-ring (bicyclic) bond motifs is 3. The Kier molecular flexibility index (Phi) is 11.2. The number of carbonyl (C=O) groups excluding carboxylic acids is 1. The van der Waals surface area contributed by atoms with Gasteiger partial charge in [0.2, 0.25) is 0 Å². The molecule has 4 rings (SSSR count). The average Bonchev–Trinajstić information content (AvgIpc) is 3.26. The third-order valence-electron chi connectivity index (χ3n) is 6.83. The van der Waals surface area contributed by atoms with Gasteiger partial charge in [-0.1, -0.05) is 48.5 Å². The Morgan fingerprint density at radius 1 is 0.811 bits per heavy atom. The quantitative estimate of drug-likeness (QED) is 0.365. The van der Waals surface area contributed by atoms with Gasteiger partial charge in [0.05, 0.1) is 52.4 Å². The van der Waals surface area contributed by atoms with Crippen LogP contribution < -0.4 is 5.32 Å². The van der Waals surface area contributed by atoms with E-state index in [4.69, 9.17) is 23.7 Å². The molecule has 1 fully saturated rings. The van der Waals surface area contributed by atoms with Crippen LogP contribution in [0, 0.1) is 0 Å². The molecule has 1 aliphatic heterocycles. The lowest BCUT2D eigenvalue weighted by atomic mass is 9.98. The highest BCUT2D eigenvalue weighted by Gasteiger charge is 2.29. The summed E-state index contributed by atoms with van der Waals surface area (Å²) in [6.07, 6.45) is 2.17. The summed E-state index contributed by atoms with van der Waals surface area (Å²) < 4.78 is 28.1. The van der Waals surface area contributed by atoms with Crippen molar-refractivity contribution in [2.75, 3.05) is 79.5 Å². The van der Waals surface area contributed by atoms with Crippen LogP contribution in [-0.2, 0) is 23.7 Å². The summed E-state index contributed by atoms with van der Waals surface area (Å²) in [5.74, 6) is 0.0593. The molecule has 1 N–H and O–H groups in total. The van der Waals surface area contributed by atoms with E-state index in [0.29, 0.717) is 65.5 Å². The fraction of sp³-hybridized carbons (Fsp3) is 0.552. The number of likely N-dealkylation sites (N-methyl/N-ethyl adjacent to an activating group) is 1. The fourth-order valence-electron chi connectivity index (χ4n) is 4.77. The Labute approximate surface area is 220 Å². The number of carbonyl (C=O) groups is 1. The van der Waals surface area contributed by atoms with Gasteiger partial charge in [0.25, 0.3) is 0 Å². The Morgan fingerprint density at radius 2 is 1.35 bits per heavy atom. The molecular formula is C29H40N2O6. The van der Waals surface area contributed by atoms with Crippen molar-refractivity contribution in [1.29, 1.82) is 0 Å². The number of hydrogen-bond acceptors (Lipinski definition) is 7. The predicted octanol–water partition coefficient (Wildman–Crippen LogP) is 3.69. The van der Waals surface area contributed by atoms with Crippen LogP contribution in [0.25, 0.3) is 11.1 Å². The van der Waals surface area contributed by atoms with E-state index in [0.717, 1.165) is 25.9 Å². The van der Waals surface area contributed by atoms with Crippen LogP contribution in [0.3, 0.4) is 0 Å². The molecule has 0 radical (unpaired) electrons. The zero-order valence-electron chi connectivity index (χ0n) is 21.9. The van der Waals surface area contributed by atoms with Crippen LogP contribution in [0.4, 0.5) is 4.79 Å². The molecule has 8 nitrogen and oxygen atoms in total. The standard InChI is InChI=1S/C29H40N2O6/c1-31(14-15-33-16-17-34-18-19-35-20-21-36-23-10-12-30-13-11-23)29(32)37-22-28-26-8-4-2-6-24(26)25-7-3-5-9-27(25)28/h2-9,23,28,30H,10-22H2,1H3. The maximum absolute atomic E-state index is 12.5. The van der Waals surface area contributed by atoms with E-state index in [2.05, 4.69) is 29.6 Å². The van der Waals surface area contributed by atoms with Gasteiger partial charge in [0, 0.05) is 19.5 Å². The number of benzene rings is 2. The van der Waals surface area contributed by atoms with Crippen LogP contribution in [-0.4, -0.2) is 96.6 Å². The number of rotatable bonds is 15. The minimum Gasteiger partial charge on any atom is -0.448 e. The van der Waals surface area contributed by atoms with Crippen LogP contribution >= 0.6 is 0 Å². The van der Waals surface area contributed by atoms with Gasteiger partial charge in [-0.15, -0.1) is 0 Å². The van der Waals surface area contributed by atoms with E-state index in [-0.39, 0.29) is 12.0 Å². The summed E-state index contributed by atoms with van der Waals surface area (Å²) in [6, 6.07) is 16.6. The Balaban J connectivity index is 1.01. The van der Waals surface area contributed by atoms with Gasteiger partial charge >= 0.3 is 6.09 Å². The molecule has 0 aromatic heterocycles. The van der Waals surface area contributed by atoms with Crippen molar-refractivity contribution < 1.29 is 28.5 Å². The second-order valence-electron chi connectivity index (χ2n) is 9.38. The molecule has 8 heteroatoms. The van der Waals surface area contributed by atoms with Crippen molar-refractivity contribution in [2.45, 2.75) is 24.9 Å². The molecule has 0 atom stereocenters. The molecule has 0 saturated carbocycles. The molecule has 0 spiro atoms. The maximum atomic E-state index is 12.5. The summed E-state index contributed by atoms with van der Waals surface area (Å²) in [6.45, 7) is 6.51. The lowest BCUT2D eigenvalue weighted by Crippen LogP contribution is -2.33. The Morgan fingerprint density at radius 3 is 1.97 bits per heavy atom. The van der Waals surface area contributed by atoms with Crippen molar-refractivity contribution in [3.63, 3.8) is 0 Å². The van der Waals surface area contributed by atoms with Gasteiger partial charge in [-0.05, 0) is 48.2 Å². The van der Waals surface area contributed by atoms with Crippen LogP contribution in [0.1, 0.15) is 29.9 Å². The molecule has 2 aliphatic rings. The summed E-state index contributed by atoms with van der Waals surface area (Å²) in [7, 11) is 1.73. The highest BCUT2D eigenvalue weighted by Crippen LogP contribution is 2.44. The lowest BCUT2D eigenvalue weighted by Gasteiger charge is -2.22. The van der Waals surface area contributed by atoms with E-state index in [1.807, 2.05) is 24.3 Å². The minimum atomic E-state index is -0.344. The Hall–Kier alpha value is -2.49. The first kappa shape index (κ1) is 27.5. The first-order valence-corrected chi connectivity index (χ1v) is 13.4. The SMILES string of the molecule is CN(CCOCCOCCOCCOC1CCNCC1)C(=O)OCC1c2ccccc2-c2ccccc21. The third-order valence-corrected chi connectivity index (χ3v) is 6.83. The van der Waals surface area contributed by atoms with E-state index >= 15 is 0 Å². The molecule has 1 heterocycles. The molecule has 0 bridgehead atoms. The lowest BCUT2D eigenvalue weighted by molar-refractivity contribution is -0.0255. The van der Waals surface area contributed by atoms with Gasteiger partial charge in [-0.3, -0.25) is 0 Å². The van der Waals surface area contributed by atoms with Crippen molar-refractivity contribution in [3.05, 3.63) is 59.7 Å². The molecule has 1 amide bonds. The minimum absolute atomic E-state index is 0.0593. The summed E-state index contributed by atoms with van der Waals surface area (Å²) in [5, 5.41) is 3.33. The zero-order chi connectivity index (χ0) is 25.7. The van der Waals surface area contributed by atoms with E-state index in [1.54, 1.807) is 11.9 Å². The zero-order valence-corrected chi connectivity index (χ0v) is 21.9. The first-order valence-electron chi connectivity index (χ1n) is 13.4. The van der Waals surface area contributed by atoms with Gasteiger partial charge < -0.3 is 33.9 Å². The number of nitrogens with zero attached hydrogens (tertiary/aromatic N) is 1. The molecular weight excluding hydrogens is 472 g/mol. The molecule has 2 aromatic carbocycles. The fourth-order valence-corrected chi connectivity index (χ4v) is 4.77. The van der Waals surface area contributed by atoms with Gasteiger partial charge in [0.15, 0.2) is 0 Å². The van der Waals surface area contributed by atoms with Crippen molar-refractivity contribution in [1.82, 2.24) is 10.2 Å².